The van der Waals surface area contributed by atoms with E-state index in [1.54, 1.807) is 0 Å². The van der Waals surface area contributed by atoms with Crippen molar-refractivity contribution in [1.29, 1.82) is 0 Å². The second-order valence-electron chi connectivity index (χ2n) is 5.03. The summed E-state index contributed by atoms with van der Waals surface area (Å²) in [7, 11) is 1.89. The first-order valence-corrected chi connectivity index (χ1v) is 6.47. The van der Waals surface area contributed by atoms with Gasteiger partial charge in [-0.3, -0.25) is 4.90 Å². The number of benzene rings is 1. The van der Waals surface area contributed by atoms with Crippen molar-refractivity contribution in [2.75, 3.05) is 20.1 Å². The van der Waals surface area contributed by atoms with E-state index in [0.717, 1.165) is 25.1 Å². The van der Waals surface area contributed by atoms with E-state index in [2.05, 4.69) is 0 Å². The van der Waals surface area contributed by atoms with Crippen LogP contribution >= 0.6 is 11.6 Å². The molecule has 19 heavy (non-hydrogen) atoms. The van der Waals surface area contributed by atoms with Gasteiger partial charge >= 0.3 is 6.18 Å². The van der Waals surface area contributed by atoms with Gasteiger partial charge in [0.25, 0.3) is 0 Å². The number of rotatable bonds is 2. The Balaban J connectivity index is 2.34. The van der Waals surface area contributed by atoms with E-state index in [4.69, 9.17) is 17.3 Å². The van der Waals surface area contributed by atoms with E-state index in [1.807, 2.05) is 11.9 Å². The molecule has 1 saturated heterocycles. The fourth-order valence-corrected chi connectivity index (χ4v) is 2.86. The highest BCUT2D eigenvalue weighted by Gasteiger charge is 2.35. The first-order chi connectivity index (χ1) is 8.82. The zero-order valence-corrected chi connectivity index (χ0v) is 11.3. The first-order valence-electron chi connectivity index (χ1n) is 6.10. The number of nitrogens with zero attached hydrogens (tertiary/aromatic N) is 1. The van der Waals surface area contributed by atoms with Crippen LogP contribution in [0.3, 0.4) is 0 Å². The molecular weight excluding hydrogens is 277 g/mol. The Bertz CT molecular complexity index is 462. The Labute approximate surface area is 115 Å². The molecule has 0 radical (unpaired) electrons. The maximum Gasteiger partial charge on any atom is 0.416 e. The van der Waals surface area contributed by atoms with Gasteiger partial charge in [-0.25, -0.2) is 0 Å². The molecule has 1 aliphatic rings. The summed E-state index contributed by atoms with van der Waals surface area (Å²) in [5.41, 5.74) is 5.51. The topological polar surface area (TPSA) is 29.3 Å². The third-order valence-corrected chi connectivity index (χ3v) is 3.99. The predicted molar refractivity (Wildman–Crippen MR) is 69.0 cm³/mol. The van der Waals surface area contributed by atoms with Gasteiger partial charge in [0.15, 0.2) is 0 Å². The molecule has 2 unspecified atom stereocenters. The van der Waals surface area contributed by atoms with Crippen LogP contribution in [0.25, 0.3) is 0 Å². The van der Waals surface area contributed by atoms with Gasteiger partial charge in [-0.15, -0.1) is 0 Å². The lowest BCUT2D eigenvalue weighted by Gasteiger charge is -2.22. The number of halogens is 4. The fourth-order valence-electron chi connectivity index (χ4n) is 2.62. The van der Waals surface area contributed by atoms with Crippen LogP contribution in [0.2, 0.25) is 5.02 Å². The van der Waals surface area contributed by atoms with Crippen molar-refractivity contribution in [3.63, 3.8) is 0 Å². The van der Waals surface area contributed by atoms with Crippen LogP contribution in [0.15, 0.2) is 18.2 Å². The van der Waals surface area contributed by atoms with Gasteiger partial charge < -0.3 is 5.73 Å². The number of nitrogens with two attached hydrogens (primary N) is 1. The van der Waals surface area contributed by atoms with Crippen molar-refractivity contribution in [1.82, 2.24) is 4.90 Å². The molecule has 1 aromatic carbocycles. The third-order valence-electron chi connectivity index (χ3n) is 3.65. The summed E-state index contributed by atoms with van der Waals surface area (Å²) in [6.45, 7) is 1.32. The molecule has 1 aliphatic heterocycles. The molecule has 0 aromatic heterocycles. The van der Waals surface area contributed by atoms with Crippen LogP contribution < -0.4 is 5.73 Å². The number of hydrogen-bond acceptors (Lipinski definition) is 2. The van der Waals surface area contributed by atoms with Crippen LogP contribution in [0.5, 0.6) is 0 Å². The van der Waals surface area contributed by atoms with Crippen LogP contribution in [-0.2, 0) is 6.18 Å². The molecule has 2 atom stereocenters. The quantitative estimate of drug-likeness (QED) is 0.906. The van der Waals surface area contributed by atoms with Gasteiger partial charge in [0.2, 0.25) is 0 Å². The van der Waals surface area contributed by atoms with Crippen LogP contribution in [0, 0.1) is 5.92 Å². The Morgan fingerprint density at radius 1 is 1.42 bits per heavy atom. The van der Waals surface area contributed by atoms with Crippen molar-refractivity contribution < 1.29 is 13.2 Å². The predicted octanol–water partition coefficient (Wildman–Crippen LogP) is 3.31. The first kappa shape index (κ1) is 14.6. The molecule has 1 heterocycles. The summed E-state index contributed by atoms with van der Waals surface area (Å²) >= 11 is 6.06. The maximum atomic E-state index is 12.7. The van der Waals surface area contributed by atoms with Gasteiger partial charge in [0, 0.05) is 17.6 Å². The lowest BCUT2D eigenvalue weighted by atomic mass is 9.98. The van der Waals surface area contributed by atoms with E-state index in [-0.39, 0.29) is 6.04 Å². The molecule has 106 valence electrons. The summed E-state index contributed by atoms with van der Waals surface area (Å²) < 4.78 is 38.2. The highest BCUT2D eigenvalue weighted by atomic mass is 35.5. The highest BCUT2D eigenvalue weighted by molar-refractivity contribution is 6.31. The summed E-state index contributed by atoms with van der Waals surface area (Å²) in [4.78, 5) is 2.01. The molecule has 1 fully saturated rings. The number of hydrogen-bond donors (Lipinski definition) is 1. The zero-order valence-electron chi connectivity index (χ0n) is 10.5. The second-order valence-corrected chi connectivity index (χ2v) is 5.43. The maximum absolute atomic E-state index is 12.7. The number of alkyl halides is 3. The lowest BCUT2D eigenvalue weighted by molar-refractivity contribution is -0.137. The molecule has 0 saturated carbocycles. The minimum absolute atomic E-state index is 0.0941. The van der Waals surface area contributed by atoms with Crippen molar-refractivity contribution >= 4 is 11.6 Å². The van der Waals surface area contributed by atoms with Crippen molar-refractivity contribution in [2.24, 2.45) is 11.7 Å². The van der Waals surface area contributed by atoms with E-state index in [9.17, 15) is 13.2 Å². The summed E-state index contributed by atoms with van der Waals surface area (Å²) in [6.07, 6.45) is -3.60. The van der Waals surface area contributed by atoms with Crippen molar-refractivity contribution in [3.8, 4) is 0 Å². The van der Waals surface area contributed by atoms with Gasteiger partial charge in [0.1, 0.15) is 0 Å². The Kier molecular flexibility index (Phi) is 4.08. The molecule has 1 aromatic rings. The zero-order chi connectivity index (χ0) is 14.2. The lowest BCUT2D eigenvalue weighted by Crippen LogP contribution is -2.21. The Hall–Kier alpha value is -0.780. The van der Waals surface area contributed by atoms with E-state index < -0.39 is 11.7 Å². The average molecular weight is 293 g/mol. The largest absolute Gasteiger partial charge is 0.416 e. The van der Waals surface area contributed by atoms with E-state index >= 15 is 0 Å². The molecule has 0 aliphatic carbocycles. The molecule has 2 rings (SSSR count). The van der Waals surface area contributed by atoms with E-state index in [1.165, 1.54) is 6.07 Å². The molecule has 0 amide bonds. The number of likely N-dealkylation sites (tertiary alicyclic amines) is 1. The van der Waals surface area contributed by atoms with Gasteiger partial charge in [-0.2, -0.15) is 13.2 Å². The Morgan fingerprint density at radius 2 is 2.11 bits per heavy atom. The minimum Gasteiger partial charge on any atom is -0.330 e. The van der Waals surface area contributed by atoms with Crippen LogP contribution in [0.1, 0.15) is 23.6 Å². The smallest absolute Gasteiger partial charge is 0.330 e. The van der Waals surface area contributed by atoms with Gasteiger partial charge in [0.05, 0.1) is 5.56 Å². The molecule has 0 spiro atoms. The molecule has 6 heteroatoms. The Morgan fingerprint density at radius 3 is 2.63 bits per heavy atom. The third kappa shape index (κ3) is 3.04. The summed E-state index contributed by atoms with van der Waals surface area (Å²) in [6, 6.07) is 3.40. The SMILES string of the molecule is CN1CC(CN)CC1c1cc(C(F)(F)F)ccc1Cl. The monoisotopic (exact) mass is 292 g/mol. The van der Waals surface area contributed by atoms with Crippen molar-refractivity contribution in [2.45, 2.75) is 18.6 Å². The van der Waals surface area contributed by atoms with E-state index in [0.29, 0.717) is 23.0 Å². The normalized spacial score (nSPS) is 24.9. The fraction of sp³-hybridized carbons (Fsp3) is 0.538. The average Bonchev–Trinajstić information content (AvgIpc) is 2.69. The molecular formula is C13H16ClF3N2. The van der Waals surface area contributed by atoms with Gasteiger partial charge in [-0.1, -0.05) is 11.6 Å². The van der Waals surface area contributed by atoms with Gasteiger partial charge in [-0.05, 0) is 49.7 Å². The van der Waals surface area contributed by atoms with Crippen LogP contribution in [-0.4, -0.2) is 25.0 Å². The summed E-state index contributed by atoms with van der Waals surface area (Å²) in [5.74, 6) is 0.306. The summed E-state index contributed by atoms with van der Waals surface area (Å²) in [5, 5.41) is 0.377. The van der Waals surface area contributed by atoms with Crippen molar-refractivity contribution in [3.05, 3.63) is 34.3 Å². The van der Waals surface area contributed by atoms with Crippen LogP contribution in [0.4, 0.5) is 13.2 Å². The standard InChI is InChI=1S/C13H16ClF3N2/c1-19-7-8(6-18)4-12(19)10-5-9(13(15,16)17)2-3-11(10)14/h2-3,5,8,12H,4,6-7,18H2,1H3. The molecule has 2 nitrogen and oxygen atoms in total. The molecule has 2 N–H and O–H groups in total. The second kappa shape index (κ2) is 5.31. The molecule has 0 bridgehead atoms. The minimum atomic E-state index is -4.34. The highest BCUT2D eigenvalue weighted by Crippen LogP contribution is 2.40.